The van der Waals surface area contributed by atoms with Gasteiger partial charge in [0.25, 0.3) is 5.91 Å². The van der Waals surface area contributed by atoms with Gasteiger partial charge < -0.3 is 14.6 Å². The average molecular weight is 453 g/mol. The Balaban J connectivity index is 1.28. The lowest BCUT2D eigenvalue weighted by Crippen LogP contribution is -2.38. The van der Waals surface area contributed by atoms with E-state index in [1.165, 1.54) is 16.9 Å². The molecule has 5 rings (SSSR count). The van der Waals surface area contributed by atoms with Crippen LogP contribution in [0.2, 0.25) is 0 Å². The Morgan fingerprint density at radius 3 is 2.87 bits per heavy atom. The van der Waals surface area contributed by atoms with E-state index < -0.39 is 0 Å². The fourth-order valence-corrected chi connectivity index (χ4v) is 5.52. The van der Waals surface area contributed by atoms with Crippen LogP contribution in [0.25, 0.3) is 21.5 Å². The number of carbonyl (C=O) groups excluding carboxylic acids is 1. The number of anilines is 1. The summed E-state index contributed by atoms with van der Waals surface area (Å²) < 4.78 is 7.70. The first kappa shape index (κ1) is 20.4. The molecule has 0 atom stereocenters. The number of nitrogens with zero attached hydrogens (tertiary/aromatic N) is 3. The molecule has 8 heteroatoms. The number of ether oxygens (including phenoxy) is 1. The van der Waals surface area contributed by atoms with Crippen LogP contribution in [0.5, 0.6) is 0 Å². The van der Waals surface area contributed by atoms with Gasteiger partial charge in [-0.05, 0) is 42.6 Å². The van der Waals surface area contributed by atoms with E-state index in [4.69, 9.17) is 4.74 Å². The fraction of sp³-hybridized carbons (Fsp3) is 0.304. The highest BCUT2D eigenvalue weighted by Crippen LogP contribution is 2.30. The molecule has 0 saturated carbocycles. The summed E-state index contributed by atoms with van der Waals surface area (Å²) in [5.74, 6) is -0.109. The summed E-state index contributed by atoms with van der Waals surface area (Å²) in [6.45, 7) is 7.50. The number of thiazole rings is 1. The standard InChI is InChI=1S/C23H24N4O2S2/c1-16-21(31-23(24-16)18-5-13-30-15-18)22(28)25-19-2-3-20-17(14-19)4-6-27(20)8-7-26-9-11-29-12-10-26/h2-6,13-15H,7-12H2,1H3,(H,25,28). The number of nitrogens with one attached hydrogen (secondary N) is 1. The topological polar surface area (TPSA) is 59.4 Å². The molecule has 1 amide bonds. The van der Waals surface area contributed by atoms with Crippen LogP contribution in [0.4, 0.5) is 5.69 Å². The van der Waals surface area contributed by atoms with Gasteiger partial charge in [0, 0.05) is 59.9 Å². The van der Waals surface area contributed by atoms with Gasteiger partial charge in [-0.25, -0.2) is 4.98 Å². The van der Waals surface area contributed by atoms with Gasteiger partial charge in [0.1, 0.15) is 9.88 Å². The zero-order valence-electron chi connectivity index (χ0n) is 17.3. The van der Waals surface area contributed by atoms with Crippen molar-refractivity contribution in [3.05, 3.63) is 57.9 Å². The van der Waals surface area contributed by atoms with E-state index in [0.29, 0.717) is 4.88 Å². The molecular weight excluding hydrogens is 428 g/mol. The number of amides is 1. The van der Waals surface area contributed by atoms with E-state index >= 15 is 0 Å². The maximum atomic E-state index is 12.9. The summed E-state index contributed by atoms with van der Waals surface area (Å²) in [5.41, 5.74) is 3.81. The predicted molar refractivity (Wildman–Crippen MR) is 127 cm³/mol. The van der Waals surface area contributed by atoms with E-state index in [1.807, 2.05) is 30.5 Å². The number of aromatic nitrogens is 2. The Bertz CT molecular complexity index is 1190. The van der Waals surface area contributed by atoms with Crippen LogP contribution in [0.15, 0.2) is 47.3 Å². The van der Waals surface area contributed by atoms with E-state index in [9.17, 15) is 4.79 Å². The third kappa shape index (κ3) is 4.43. The van der Waals surface area contributed by atoms with Crippen LogP contribution >= 0.6 is 22.7 Å². The molecule has 4 aromatic rings. The lowest BCUT2D eigenvalue weighted by molar-refractivity contribution is 0.0365. The molecule has 1 aromatic carbocycles. The minimum absolute atomic E-state index is 0.109. The van der Waals surface area contributed by atoms with Crippen molar-refractivity contribution >= 4 is 45.2 Å². The van der Waals surface area contributed by atoms with Crippen molar-refractivity contribution in [3.63, 3.8) is 0 Å². The van der Waals surface area contributed by atoms with Crippen molar-refractivity contribution in [3.8, 4) is 10.6 Å². The number of morpholine rings is 1. The van der Waals surface area contributed by atoms with Gasteiger partial charge in [-0.1, -0.05) is 0 Å². The number of thiophene rings is 1. The Kier molecular flexibility index (Phi) is 5.87. The van der Waals surface area contributed by atoms with Crippen LogP contribution in [-0.4, -0.2) is 53.2 Å². The van der Waals surface area contributed by atoms with Gasteiger partial charge in [0.05, 0.1) is 18.9 Å². The molecule has 1 aliphatic rings. The lowest BCUT2D eigenvalue weighted by Gasteiger charge is -2.26. The number of benzene rings is 1. The number of aryl methyl sites for hydroxylation is 1. The number of fused-ring (bicyclic) bond motifs is 1. The monoisotopic (exact) mass is 452 g/mol. The molecule has 1 N–H and O–H groups in total. The van der Waals surface area contributed by atoms with E-state index in [0.717, 1.165) is 66.7 Å². The molecule has 0 unspecified atom stereocenters. The van der Waals surface area contributed by atoms with Crippen molar-refractivity contribution in [2.45, 2.75) is 13.5 Å². The highest BCUT2D eigenvalue weighted by molar-refractivity contribution is 7.17. The molecule has 4 heterocycles. The maximum absolute atomic E-state index is 12.9. The first-order valence-corrected chi connectivity index (χ1v) is 12.1. The van der Waals surface area contributed by atoms with Crippen LogP contribution in [0.3, 0.4) is 0 Å². The van der Waals surface area contributed by atoms with Crippen LogP contribution in [0.1, 0.15) is 15.4 Å². The first-order chi connectivity index (χ1) is 15.2. The quantitative estimate of drug-likeness (QED) is 0.460. The van der Waals surface area contributed by atoms with Crippen molar-refractivity contribution in [2.24, 2.45) is 0 Å². The molecule has 1 aliphatic heterocycles. The van der Waals surface area contributed by atoms with Gasteiger partial charge in [0.15, 0.2) is 0 Å². The summed E-state index contributed by atoms with van der Waals surface area (Å²) in [5, 5.41) is 9.13. The molecule has 0 aliphatic carbocycles. The molecule has 31 heavy (non-hydrogen) atoms. The fourth-order valence-electron chi connectivity index (χ4n) is 3.85. The smallest absolute Gasteiger partial charge is 0.267 e. The molecule has 3 aromatic heterocycles. The normalized spacial score (nSPS) is 14.9. The SMILES string of the molecule is Cc1nc(-c2ccsc2)sc1C(=O)Nc1ccc2c(ccn2CCN2CCOCC2)c1. The Labute approximate surface area is 189 Å². The summed E-state index contributed by atoms with van der Waals surface area (Å²) in [7, 11) is 0. The van der Waals surface area contributed by atoms with Crippen molar-refractivity contribution in [2.75, 3.05) is 38.2 Å². The molecule has 0 bridgehead atoms. The Morgan fingerprint density at radius 1 is 1.19 bits per heavy atom. The molecule has 0 spiro atoms. The minimum atomic E-state index is -0.109. The number of carbonyl (C=O) groups is 1. The van der Waals surface area contributed by atoms with Crippen LogP contribution in [0, 0.1) is 6.92 Å². The van der Waals surface area contributed by atoms with Gasteiger partial charge in [-0.15, -0.1) is 11.3 Å². The van der Waals surface area contributed by atoms with Gasteiger partial charge in [-0.3, -0.25) is 9.69 Å². The predicted octanol–water partition coefficient (Wildman–Crippen LogP) is 4.72. The number of hydrogen-bond donors (Lipinski definition) is 1. The largest absolute Gasteiger partial charge is 0.379 e. The first-order valence-electron chi connectivity index (χ1n) is 10.4. The van der Waals surface area contributed by atoms with Crippen LogP contribution in [-0.2, 0) is 11.3 Å². The second kappa shape index (κ2) is 8.92. The highest BCUT2D eigenvalue weighted by Gasteiger charge is 2.17. The average Bonchev–Trinajstić information content (AvgIpc) is 3.52. The third-order valence-electron chi connectivity index (χ3n) is 5.56. The third-order valence-corrected chi connectivity index (χ3v) is 7.45. The molecule has 0 radical (unpaired) electrons. The maximum Gasteiger partial charge on any atom is 0.267 e. The molecule has 6 nitrogen and oxygen atoms in total. The van der Waals surface area contributed by atoms with Crippen LogP contribution < -0.4 is 5.32 Å². The van der Waals surface area contributed by atoms with Crippen molar-refractivity contribution in [1.82, 2.24) is 14.5 Å². The molecule has 160 valence electrons. The highest BCUT2D eigenvalue weighted by atomic mass is 32.1. The van der Waals surface area contributed by atoms with Gasteiger partial charge in [0.2, 0.25) is 0 Å². The minimum Gasteiger partial charge on any atom is -0.379 e. The summed E-state index contributed by atoms with van der Waals surface area (Å²) in [4.78, 5) is 20.5. The van der Waals surface area contributed by atoms with E-state index in [-0.39, 0.29) is 5.91 Å². The van der Waals surface area contributed by atoms with Crippen molar-refractivity contribution in [1.29, 1.82) is 0 Å². The number of hydrogen-bond acceptors (Lipinski definition) is 6. The summed E-state index contributed by atoms with van der Waals surface area (Å²) in [6.07, 6.45) is 2.12. The van der Waals surface area contributed by atoms with E-state index in [1.54, 1.807) is 11.3 Å². The summed E-state index contributed by atoms with van der Waals surface area (Å²) in [6, 6.07) is 10.2. The summed E-state index contributed by atoms with van der Waals surface area (Å²) >= 11 is 3.07. The Morgan fingerprint density at radius 2 is 2.06 bits per heavy atom. The molecular formula is C23H24N4O2S2. The van der Waals surface area contributed by atoms with Gasteiger partial charge >= 0.3 is 0 Å². The van der Waals surface area contributed by atoms with Gasteiger partial charge in [-0.2, -0.15) is 11.3 Å². The number of rotatable bonds is 6. The zero-order valence-corrected chi connectivity index (χ0v) is 19.0. The molecule has 1 saturated heterocycles. The molecule has 1 fully saturated rings. The van der Waals surface area contributed by atoms with Crippen molar-refractivity contribution < 1.29 is 9.53 Å². The lowest BCUT2D eigenvalue weighted by atomic mass is 10.2. The Hall–Kier alpha value is -2.52. The second-order valence-corrected chi connectivity index (χ2v) is 9.42. The van der Waals surface area contributed by atoms with E-state index in [2.05, 4.69) is 43.5 Å². The zero-order chi connectivity index (χ0) is 21.2. The second-order valence-electron chi connectivity index (χ2n) is 7.64.